The normalized spacial score (nSPS) is 14.5. The molecule has 1 aliphatic heterocycles. The fourth-order valence-electron chi connectivity index (χ4n) is 2.41. The minimum absolute atomic E-state index is 0.245. The summed E-state index contributed by atoms with van der Waals surface area (Å²) in [6.07, 6.45) is 1.71. The summed E-state index contributed by atoms with van der Waals surface area (Å²) in [5.41, 5.74) is 4.95. The number of rotatable bonds is 6. The number of hydrogen-bond donors (Lipinski definition) is 1. The molecule has 0 saturated carbocycles. The molecule has 0 atom stereocenters. The molecule has 0 spiro atoms. The Bertz CT molecular complexity index is 743. The summed E-state index contributed by atoms with van der Waals surface area (Å²) >= 11 is 0. The van der Waals surface area contributed by atoms with Crippen molar-refractivity contribution in [3.05, 3.63) is 29.8 Å². The molecule has 3 rings (SSSR count). The predicted octanol–water partition coefficient (Wildman–Crippen LogP) is 1.23. The third kappa shape index (κ3) is 4.57. The molecule has 9 nitrogen and oxygen atoms in total. The number of hydrazone groups is 1. The zero-order chi connectivity index (χ0) is 18.4. The summed E-state index contributed by atoms with van der Waals surface area (Å²) in [7, 11) is 5.54. The van der Waals surface area contributed by atoms with E-state index in [1.807, 2.05) is 48.2 Å². The number of methoxy groups -OCH3 is 1. The van der Waals surface area contributed by atoms with Crippen LogP contribution in [0.15, 0.2) is 29.4 Å². The predicted molar refractivity (Wildman–Crippen MR) is 101 cm³/mol. The Hall–Kier alpha value is -2.94. The van der Waals surface area contributed by atoms with Crippen LogP contribution >= 0.6 is 0 Å². The van der Waals surface area contributed by atoms with E-state index in [4.69, 9.17) is 9.47 Å². The SMILES string of the molecule is COc1nc(N/N=C/c2ccc(N(C)C)cc2)nc(N2CCOCC2)n1. The largest absolute Gasteiger partial charge is 0.467 e. The van der Waals surface area contributed by atoms with Crippen LogP contribution in [0.1, 0.15) is 5.56 Å². The third-order valence-corrected chi connectivity index (χ3v) is 3.87. The standard InChI is InChI=1S/C17H23N7O2/c1-23(2)14-6-4-13(5-7-14)12-18-22-15-19-16(21-17(20-15)25-3)24-8-10-26-11-9-24/h4-7,12H,8-11H2,1-3H3,(H,19,20,21,22)/b18-12+. The maximum absolute atomic E-state index is 5.36. The molecule has 1 fully saturated rings. The summed E-state index contributed by atoms with van der Waals surface area (Å²) in [6.45, 7) is 2.76. The lowest BCUT2D eigenvalue weighted by Crippen LogP contribution is -2.37. The van der Waals surface area contributed by atoms with Gasteiger partial charge in [-0.1, -0.05) is 12.1 Å². The summed E-state index contributed by atoms with van der Waals surface area (Å²) in [6, 6.07) is 8.30. The molecular formula is C17H23N7O2. The summed E-state index contributed by atoms with van der Waals surface area (Å²) in [5.74, 6) is 0.882. The monoisotopic (exact) mass is 357 g/mol. The maximum Gasteiger partial charge on any atom is 0.322 e. The molecule has 2 heterocycles. The smallest absolute Gasteiger partial charge is 0.322 e. The zero-order valence-corrected chi connectivity index (χ0v) is 15.2. The van der Waals surface area contributed by atoms with Crippen LogP contribution in [-0.2, 0) is 4.74 Å². The van der Waals surface area contributed by atoms with Crippen LogP contribution in [-0.4, -0.2) is 68.7 Å². The fourth-order valence-corrected chi connectivity index (χ4v) is 2.41. The van der Waals surface area contributed by atoms with Crippen LogP contribution in [0.4, 0.5) is 17.6 Å². The van der Waals surface area contributed by atoms with Crippen molar-refractivity contribution in [1.82, 2.24) is 15.0 Å². The van der Waals surface area contributed by atoms with E-state index < -0.39 is 0 Å². The van der Waals surface area contributed by atoms with E-state index in [0.29, 0.717) is 25.1 Å². The van der Waals surface area contributed by atoms with Crippen LogP contribution < -0.4 is 20.0 Å². The summed E-state index contributed by atoms with van der Waals surface area (Å²) < 4.78 is 10.5. The molecule has 1 aromatic carbocycles. The number of aromatic nitrogens is 3. The molecule has 0 aliphatic carbocycles. The van der Waals surface area contributed by atoms with Crippen molar-refractivity contribution >= 4 is 23.8 Å². The Morgan fingerprint density at radius 3 is 2.54 bits per heavy atom. The first kappa shape index (κ1) is 17.9. The van der Waals surface area contributed by atoms with E-state index in [2.05, 4.69) is 25.5 Å². The Kier molecular flexibility index (Phi) is 5.80. The Balaban J connectivity index is 1.70. The van der Waals surface area contributed by atoms with Crippen molar-refractivity contribution < 1.29 is 9.47 Å². The molecule has 138 valence electrons. The molecule has 2 aromatic rings. The molecule has 1 N–H and O–H groups in total. The number of ether oxygens (including phenoxy) is 2. The van der Waals surface area contributed by atoms with Crippen molar-refractivity contribution in [3.8, 4) is 6.01 Å². The van der Waals surface area contributed by atoms with Crippen molar-refractivity contribution in [2.75, 3.05) is 62.7 Å². The molecule has 1 aromatic heterocycles. The van der Waals surface area contributed by atoms with Gasteiger partial charge in [0.1, 0.15) is 0 Å². The second kappa shape index (κ2) is 8.43. The molecule has 26 heavy (non-hydrogen) atoms. The molecule has 1 aliphatic rings. The van der Waals surface area contributed by atoms with Gasteiger partial charge in [0.15, 0.2) is 0 Å². The Labute approximate surface area is 152 Å². The van der Waals surface area contributed by atoms with E-state index in [-0.39, 0.29) is 6.01 Å². The van der Waals surface area contributed by atoms with Gasteiger partial charge >= 0.3 is 6.01 Å². The maximum atomic E-state index is 5.36. The van der Waals surface area contributed by atoms with Crippen molar-refractivity contribution in [2.24, 2.45) is 5.10 Å². The lowest BCUT2D eigenvalue weighted by molar-refractivity contribution is 0.122. The number of nitrogens with zero attached hydrogens (tertiary/aromatic N) is 6. The second-order valence-corrected chi connectivity index (χ2v) is 5.90. The Morgan fingerprint density at radius 1 is 1.15 bits per heavy atom. The van der Waals surface area contributed by atoms with Crippen LogP contribution in [0.25, 0.3) is 0 Å². The van der Waals surface area contributed by atoms with Crippen molar-refractivity contribution in [3.63, 3.8) is 0 Å². The van der Waals surface area contributed by atoms with Gasteiger partial charge in [0.05, 0.1) is 26.5 Å². The first-order valence-electron chi connectivity index (χ1n) is 8.35. The lowest BCUT2D eigenvalue weighted by atomic mass is 10.2. The van der Waals surface area contributed by atoms with E-state index in [1.165, 1.54) is 7.11 Å². The van der Waals surface area contributed by atoms with Gasteiger partial charge in [-0.2, -0.15) is 20.1 Å². The zero-order valence-electron chi connectivity index (χ0n) is 15.2. The van der Waals surface area contributed by atoms with Crippen molar-refractivity contribution in [1.29, 1.82) is 0 Å². The van der Waals surface area contributed by atoms with Gasteiger partial charge < -0.3 is 19.3 Å². The quantitative estimate of drug-likeness (QED) is 0.610. The highest BCUT2D eigenvalue weighted by atomic mass is 16.5. The highest BCUT2D eigenvalue weighted by Crippen LogP contribution is 2.16. The van der Waals surface area contributed by atoms with Gasteiger partial charge in [0, 0.05) is 32.9 Å². The fraction of sp³-hybridized carbons (Fsp3) is 0.412. The van der Waals surface area contributed by atoms with E-state index in [9.17, 15) is 0 Å². The highest BCUT2D eigenvalue weighted by Gasteiger charge is 2.16. The van der Waals surface area contributed by atoms with E-state index in [1.54, 1.807) is 6.21 Å². The average Bonchev–Trinajstić information content (AvgIpc) is 2.69. The number of anilines is 3. The van der Waals surface area contributed by atoms with Gasteiger partial charge in [0.25, 0.3) is 5.95 Å². The van der Waals surface area contributed by atoms with Crippen LogP contribution in [0.5, 0.6) is 6.01 Å². The summed E-state index contributed by atoms with van der Waals surface area (Å²) in [5, 5.41) is 4.21. The minimum atomic E-state index is 0.245. The first-order chi connectivity index (χ1) is 12.7. The Morgan fingerprint density at radius 2 is 1.88 bits per heavy atom. The number of hydrogen-bond acceptors (Lipinski definition) is 9. The van der Waals surface area contributed by atoms with Crippen LogP contribution in [0.3, 0.4) is 0 Å². The average molecular weight is 357 g/mol. The molecule has 0 bridgehead atoms. The molecule has 9 heteroatoms. The van der Waals surface area contributed by atoms with Crippen molar-refractivity contribution in [2.45, 2.75) is 0 Å². The number of benzene rings is 1. The number of nitrogens with one attached hydrogen (secondary N) is 1. The number of morpholine rings is 1. The molecular weight excluding hydrogens is 334 g/mol. The molecule has 0 amide bonds. The second-order valence-electron chi connectivity index (χ2n) is 5.90. The highest BCUT2D eigenvalue weighted by molar-refractivity contribution is 5.80. The van der Waals surface area contributed by atoms with Gasteiger partial charge in [-0.25, -0.2) is 5.43 Å². The van der Waals surface area contributed by atoms with E-state index in [0.717, 1.165) is 24.3 Å². The topological polar surface area (TPSA) is 88.0 Å². The van der Waals surface area contributed by atoms with Crippen LogP contribution in [0, 0.1) is 0 Å². The van der Waals surface area contributed by atoms with Gasteiger partial charge in [0.2, 0.25) is 5.95 Å². The van der Waals surface area contributed by atoms with Crippen LogP contribution in [0.2, 0.25) is 0 Å². The van der Waals surface area contributed by atoms with Gasteiger partial charge in [-0.3, -0.25) is 0 Å². The minimum Gasteiger partial charge on any atom is -0.467 e. The molecule has 1 saturated heterocycles. The van der Waals surface area contributed by atoms with Gasteiger partial charge in [-0.15, -0.1) is 0 Å². The summed E-state index contributed by atoms with van der Waals surface area (Å²) in [4.78, 5) is 17.0. The molecule has 0 unspecified atom stereocenters. The van der Waals surface area contributed by atoms with E-state index >= 15 is 0 Å². The third-order valence-electron chi connectivity index (χ3n) is 3.87. The van der Waals surface area contributed by atoms with Gasteiger partial charge in [-0.05, 0) is 17.7 Å². The molecule has 0 radical (unpaired) electrons. The lowest BCUT2D eigenvalue weighted by Gasteiger charge is -2.26. The first-order valence-corrected chi connectivity index (χ1v) is 8.35.